The summed E-state index contributed by atoms with van der Waals surface area (Å²) in [6.45, 7) is 2.25. The minimum Gasteiger partial charge on any atom is -0.330 e. The summed E-state index contributed by atoms with van der Waals surface area (Å²) in [4.78, 5) is 29.7. The molecule has 8 heteroatoms. The van der Waals surface area contributed by atoms with E-state index in [-0.39, 0.29) is 0 Å². The summed E-state index contributed by atoms with van der Waals surface area (Å²) >= 11 is 0. The SMILES string of the molecule is O=P(O)(O)C(N1C=NCC1)N1C=NCC1. The Hall–Kier alpha value is -0.910. The lowest BCUT2D eigenvalue weighted by Crippen LogP contribution is -2.45. The van der Waals surface area contributed by atoms with E-state index in [2.05, 4.69) is 9.98 Å². The van der Waals surface area contributed by atoms with Gasteiger partial charge in [-0.05, 0) is 0 Å². The van der Waals surface area contributed by atoms with Crippen LogP contribution < -0.4 is 0 Å². The van der Waals surface area contributed by atoms with Crippen molar-refractivity contribution in [3.63, 3.8) is 0 Å². The van der Waals surface area contributed by atoms with Crippen LogP contribution in [0, 0.1) is 0 Å². The van der Waals surface area contributed by atoms with Crippen LogP contribution in [-0.2, 0) is 4.57 Å². The van der Waals surface area contributed by atoms with Crippen molar-refractivity contribution in [2.45, 2.75) is 5.91 Å². The van der Waals surface area contributed by atoms with Gasteiger partial charge in [0.15, 0.2) is 0 Å². The van der Waals surface area contributed by atoms with E-state index in [4.69, 9.17) is 0 Å². The molecule has 0 aromatic carbocycles. The number of hydrogen-bond donors (Lipinski definition) is 2. The summed E-state index contributed by atoms with van der Waals surface area (Å²) in [7, 11) is -4.20. The summed E-state index contributed by atoms with van der Waals surface area (Å²) in [6.07, 6.45) is 2.99. The summed E-state index contributed by atoms with van der Waals surface area (Å²) in [5, 5.41) is 0. The highest BCUT2D eigenvalue weighted by molar-refractivity contribution is 7.52. The number of hydrogen-bond acceptors (Lipinski definition) is 5. The van der Waals surface area contributed by atoms with Crippen molar-refractivity contribution in [2.75, 3.05) is 26.2 Å². The molecule has 0 aromatic heterocycles. The molecule has 2 N–H and O–H groups in total. The van der Waals surface area contributed by atoms with Gasteiger partial charge in [-0.25, -0.2) is 0 Å². The van der Waals surface area contributed by atoms with E-state index in [1.54, 1.807) is 9.80 Å². The van der Waals surface area contributed by atoms with E-state index in [0.29, 0.717) is 26.2 Å². The minimum atomic E-state index is -4.20. The number of rotatable bonds is 3. The molecular formula is C7H13N4O3P. The van der Waals surface area contributed by atoms with Gasteiger partial charge >= 0.3 is 7.60 Å². The molecule has 2 aliphatic rings. The monoisotopic (exact) mass is 232 g/mol. The normalized spacial score (nSPS) is 21.0. The van der Waals surface area contributed by atoms with Crippen LogP contribution >= 0.6 is 7.60 Å². The quantitative estimate of drug-likeness (QED) is 0.618. The molecule has 0 aromatic rings. The Labute approximate surface area is 87.3 Å². The second-order valence-electron chi connectivity index (χ2n) is 3.45. The van der Waals surface area contributed by atoms with Gasteiger partial charge in [0.05, 0.1) is 25.8 Å². The zero-order valence-corrected chi connectivity index (χ0v) is 8.99. The molecule has 0 aliphatic carbocycles. The lowest BCUT2D eigenvalue weighted by atomic mass is 10.5. The standard InChI is InChI=1S/C7H13N4O3P/c12-15(13,14)7(10-3-1-8-5-10)11-4-2-9-6-11/h5-7H,1-4H2,(H2,12,13,14). The molecule has 0 saturated heterocycles. The third-order valence-electron chi connectivity index (χ3n) is 2.33. The van der Waals surface area contributed by atoms with E-state index < -0.39 is 13.5 Å². The molecule has 2 rings (SSSR count). The van der Waals surface area contributed by atoms with Gasteiger partial charge < -0.3 is 19.6 Å². The average Bonchev–Trinajstić information content (AvgIpc) is 2.73. The zero-order valence-electron chi connectivity index (χ0n) is 8.10. The number of nitrogens with zero attached hydrogens (tertiary/aromatic N) is 4. The van der Waals surface area contributed by atoms with Crippen molar-refractivity contribution in [3.05, 3.63) is 0 Å². The highest BCUT2D eigenvalue weighted by Gasteiger charge is 2.39. The van der Waals surface area contributed by atoms with Gasteiger partial charge in [0.25, 0.3) is 0 Å². The molecule has 2 aliphatic heterocycles. The van der Waals surface area contributed by atoms with Crippen molar-refractivity contribution in [2.24, 2.45) is 9.98 Å². The Morgan fingerprint density at radius 1 is 1.13 bits per heavy atom. The van der Waals surface area contributed by atoms with Crippen molar-refractivity contribution in [1.29, 1.82) is 0 Å². The van der Waals surface area contributed by atoms with Crippen LogP contribution in [0.2, 0.25) is 0 Å². The molecule has 0 bridgehead atoms. The molecule has 0 fully saturated rings. The first-order valence-electron chi connectivity index (χ1n) is 4.65. The van der Waals surface area contributed by atoms with Crippen molar-refractivity contribution >= 4 is 20.3 Å². The van der Waals surface area contributed by atoms with Crippen molar-refractivity contribution in [3.8, 4) is 0 Å². The smallest absolute Gasteiger partial charge is 0.330 e. The molecule has 7 nitrogen and oxygen atoms in total. The predicted molar refractivity (Wildman–Crippen MR) is 56.0 cm³/mol. The van der Waals surface area contributed by atoms with Gasteiger partial charge in [-0.15, -0.1) is 0 Å². The predicted octanol–water partition coefficient (Wildman–Crippen LogP) is -0.865. The second kappa shape index (κ2) is 3.92. The molecule has 0 radical (unpaired) electrons. The Morgan fingerprint density at radius 2 is 1.60 bits per heavy atom. The second-order valence-corrected chi connectivity index (χ2v) is 5.09. The topological polar surface area (TPSA) is 88.7 Å². The van der Waals surface area contributed by atoms with Crippen LogP contribution in [0.25, 0.3) is 0 Å². The summed E-state index contributed by atoms with van der Waals surface area (Å²) in [6, 6.07) is 0. The minimum absolute atomic E-state index is 0.542. The molecule has 0 saturated carbocycles. The molecular weight excluding hydrogens is 219 g/mol. The van der Waals surface area contributed by atoms with E-state index in [9.17, 15) is 14.4 Å². The highest BCUT2D eigenvalue weighted by atomic mass is 31.2. The molecule has 0 unspecified atom stereocenters. The lowest BCUT2D eigenvalue weighted by Gasteiger charge is -2.33. The third-order valence-corrected chi connectivity index (χ3v) is 3.52. The first-order valence-corrected chi connectivity index (χ1v) is 6.34. The van der Waals surface area contributed by atoms with Crippen LogP contribution in [0.3, 0.4) is 0 Å². The molecule has 2 heterocycles. The van der Waals surface area contributed by atoms with Crippen LogP contribution in [0.4, 0.5) is 0 Å². The highest BCUT2D eigenvalue weighted by Crippen LogP contribution is 2.44. The Kier molecular flexibility index (Phi) is 2.77. The van der Waals surface area contributed by atoms with Crippen LogP contribution in [0.5, 0.6) is 0 Å². The summed E-state index contributed by atoms with van der Waals surface area (Å²) in [5.41, 5.74) is 0. The summed E-state index contributed by atoms with van der Waals surface area (Å²) < 4.78 is 11.4. The fourth-order valence-corrected chi connectivity index (χ4v) is 2.84. The van der Waals surface area contributed by atoms with Gasteiger partial charge in [-0.1, -0.05) is 0 Å². The van der Waals surface area contributed by atoms with Gasteiger partial charge in [-0.2, -0.15) is 0 Å². The molecule has 0 amide bonds. The van der Waals surface area contributed by atoms with Gasteiger partial charge in [0.2, 0.25) is 5.91 Å². The zero-order chi connectivity index (χ0) is 10.9. The maximum Gasteiger partial charge on any atom is 0.368 e. The first-order chi connectivity index (χ1) is 7.09. The average molecular weight is 232 g/mol. The van der Waals surface area contributed by atoms with Gasteiger partial charge in [-0.3, -0.25) is 14.5 Å². The maximum atomic E-state index is 11.4. The van der Waals surface area contributed by atoms with Gasteiger partial charge in [0, 0.05) is 13.1 Å². The number of aliphatic imine (C=N–C) groups is 2. The maximum absolute atomic E-state index is 11.4. The van der Waals surface area contributed by atoms with Gasteiger partial charge in [0.1, 0.15) is 0 Å². The molecule has 15 heavy (non-hydrogen) atoms. The Balaban J connectivity index is 2.19. The van der Waals surface area contributed by atoms with Crippen molar-refractivity contribution in [1.82, 2.24) is 9.80 Å². The van der Waals surface area contributed by atoms with E-state index in [1.807, 2.05) is 0 Å². The summed E-state index contributed by atoms with van der Waals surface area (Å²) in [5.74, 6) is -0.949. The molecule has 0 atom stereocenters. The lowest BCUT2D eigenvalue weighted by molar-refractivity contribution is 0.213. The fourth-order valence-electron chi connectivity index (χ4n) is 1.71. The van der Waals surface area contributed by atoms with Crippen LogP contribution in [0.1, 0.15) is 0 Å². The van der Waals surface area contributed by atoms with Crippen LogP contribution in [-0.4, -0.2) is 64.3 Å². The first kappa shape index (κ1) is 10.6. The van der Waals surface area contributed by atoms with E-state index in [1.165, 1.54) is 12.7 Å². The van der Waals surface area contributed by atoms with E-state index in [0.717, 1.165) is 0 Å². The van der Waals surface area contributed by atoms with E-state index >= 15 is 0 Å². The molecule has 84 valence electrons. The fraction of sp³-hybridized carbons (Fsp3) is 0.714. The molecule has 0 spiro atoms. The Morgan fingerprint density at radius 3 is 1.87 bits per heavy atom. The van der Waals surface area contributed by atoms with Crippen LogP contribution in [0.15, 0.2) is 9.98 Å². The largest absolute Gasteiger partial charge is 0.368 e. The van der Waals surface area contributed by atoms with Crippen molar-refractivity contribution < 1.29 is 14.4 Å². The Bertz CT molecular complexity index is 317. The third kappa shape index (κ3) is 2.19.